The molecule has 1 atom stereocenters. The van der Waals surface area contributed by atoms with Gasteiger partial charge in [-0.1, -0.05) is 12.1 Å². The Morgan fingerprint density at radius 2 is 1.43 bits per heavy atom. The van der Waals surface area contributed by atoms with Crippen LogP contribution in [-0.4, -0.2) is 55.2 Å². The third-order valence-electron chi connectivity index (χ3n) is 4.66. The number of alkyl carbamates (subject to hydrolysis) is 2. The zero-order valence-corrected chi connectivity index (χ0v) is 25.8. The molecule has 2 N–H and O–H groups in total. The summed E-state index contributed by atoms with van der Waals surface area (Å²) in [7, 11) is -3.69. The number of hydrogen-bond donors (Lipinski definition) is 2. The maximum Gasteiger partial charge on any atom is 0.530 e. The van der Waals surface area contributed by atoms with Crippen LogP contribution < -0.4 is 15.2 Å². The molecule has 13 heteroatoms. The predicted molar refractivity (Wildman–Crippen MR) is 149 cm³/mol. The molecule has 228 valence electrons. The molecular formula is C27H45N2O10P. The Morgan fingerprint density at radius 1 is 0.850 bits per heavy atom. The van der Waals surface area contributed by atoms with E-state index in [-0.39, 0.29) is 19.8 Å². The Kier molecular flexibility index (Phi) is 14.5. The fourth-order valence-corrected chi connectivity index (χ4v) is 4.31. The van der Waals surface area contributed by atoms with E-state index in [0.717, 1.165) is 0 Å². The van der Waals surface area contributed by atoms with Crippen LogP contribution in [0.1, 0.15) is 80.2 Å². The molecule has 0 radical (unpaired) electrons. The number of hydrogen-bond acceptors (Lipinski definition) is 10. The van der Waals surface area contributed by atoms with Crippen molar-refractivity contribution in [3.8, 4) is 5.75 Å². The SMILES string of the molecule is CCOP(=O)(OCC)Oc1ccc(COC(=O)NCCCC[C@H](NC(=O)OC(C)(C)C)C(=O)OC(C)(C)C)cc1. The van der Waals surface area contributed by atoms with Gasteiger partial charge in [0, 0.05) is 6.54 Å². The predicted octanol–water partition coefficient (Wildman–Crippen LogP) is 5.88. The Morgan fingerprint density at radius 3 is 1.95 bits per heavy atom. The second-order valence-electron chi connectivity index (χ2n) is 10.7. The number of carbonyl (C=O) groups excluding carboxylic acids is 3. The summed E-state index contributed by atoms with van der Waals surface area (Å²) in [4.78, 5) is 36.9. The summed E-state index contributed by atoms with van der Waals surface area (Å²) in [6.45, 7) is 14.5. The van der Waals surface area contributed by atoms with E-state index >= 15 is 0 Å². The molecule has 0 bridgehead atoms. The number of rotatable bonds is 15. The Hall–Kier alpha value is -2.82. The van der Waals surface area contributed by atoms with Gasteiger partial charge in [-0.05, 0) is 92.3 Å². The van der Waals surface area contributed by atoms with E-state index in [2.05, 4.69) is 10.6 Å². The quantitative estimate of drug-likeness (QED) is 0.110. The van der Waals surface area contributed by atoms with Crippen LogP contribution in [0.15, 0.2) is 24.3 Å². The van der Waals surface area contributed by atoms with Crippen molar-refractivity contribution < 1.29 is 46.7 Å². The summed E-state index contributed by atoms with van der Waals surface area (Å²) in [6.07, 6.45) is 0.0550. The molecule has 0 fully saturated rings. The van der Waals surface area contributed by atoms with Crippen LogP contribution in [0.4, 0.5) is 9.59 Å². The van der Waals surface area contributed by atoms with Gasteiger partial charge >= 0.3 is 26.0 Å². The zero-order valence-electron chi connectivity index (χ0n) is 24.9. The fraction of sp³-hybridized carbons (Fsp3) is 0.667. The lowest BCUT2D eigenvalue weighted by atomic mass is 10.1. The average molecular weight is 589 g/mol. The van der Waals surface area contributed by atoms with Crippen molar-refractivity contribution in [2.75, 3.05) is 19.8 Å². The smallest absolute Gasteiger partial charge is 0.458 e. The second kappa shape index (κ2) is 16.4. The number of phosphoric acid groups is 1. The molecule has 1 aromatic rings. The summed E-state index contributed by atoms with van der Waals surface area (Å²) >= 11 is 0. The topological polar surface area (TPSA) is 148 Å². The van der Waals surface area contributed by atoms with Crippen molar-refractivity contribution in [1.82, 2.24) is 10.6 Å². The van der Waals surface area contributed by atoms with Crippen LogP contribution in [0, 0.1) is 0 Å². The Labute approximate surface area is 237 Å². The van der Waals surface area contributed by atoms with E-state index in [0.29, 0.717) is 37.1 Å². The van der Waals surface area contributed by atoms with Crippen molar-refractivity contribution in [3.63, 3.8) is 0 Å². The Bertz CT molecular complexity index is 977. The monoisotopic (exact) mass is 588 g/mol. The van der Waals surface area contributed by atoms with E-state index in [1.165, 1.54) is 0 Å². The Balaban J connectivity index is 2.48. The number of phosphoric ester groups is 1. The van der Waals surface area contributed by atoms with Gasteiger partial charge < -0.3 is 29.4 Å². The summed E-state index contributed by atoms with van der Waals surface area (Å²) in [5.74, 6) is -0.259. The number of ether oxygens (including phenoxy) is 3. The molecule has 0 aliphatic heterocycles. The van der Waals surface area contributed by atoms with Crippen LogP contribution in [0.5, 0.6) is 5.75 Å². The minimum atomic E-state index is -3.69. The summed E-state index contributed by atoms with van der Waals surface area (Å²) in [5.41, 5.74) is -0.725. The van der Waals surface area contributed by atoms with Gasteiger partial charge in [0.2, 0.25) is 0 Å². The lowest BCUT2D eigenvalue weighted by Gasteiger charge is -2.26. The summed E-state index contributed by atoms with van der Waals surface area (Å²) < 4.78 is 43.9. The lowest BCUT2D eigenvalue weighted by Crippen LogP contribution is -2.46. The highest BCUT2D eigenvalue weighted by molar-refractivity contribution is 7.48. The highest BCUT2D eigenvalue weighted by Crippen LogP contribution is 2.49. The maximum absolute atomic E-state index is 12.6. The van der Waals surface area contributed by atoms with Crippen molar-refractivity contribution in [1.29, 1.82) is 0 Å². The first-order valence-electron chi connectivity index (χ1n) is 13.4. The molecule has 0 unspecified atom stereocenters. The highest BCUT2D eigenvalue weighted by atomic mass is 31.2. The number of unbranched alkanes of at least 4 members (excludes halogenated alkanes) is 1. The summed E-state index contributed by atoms with van der Waals surface area (Å²) in [5, 5.41) is 5.23. The molecule has 0 aliphatic carbocycles. The standard InChI is InChI=1S/C27H45N2O10P/c1-9-35-40(33,36-10-2)39-21-16-14-20(15-17-21)19-34-24(31)28-18-12-11-13-22(23(30)37-26(3,4)5)29-25(32)38-27(6,7)8/h14-17,22H,9-13,18-19H2,1-8H3,(H,28,31)(H,29,32)/t22-/m0/s1. The van der Waals surface area contributed by atoms with E-state index in [1.54, 1.807) is 79.7 Å². The first kappa shape index (κ1) is 35.2. The molecule has 0 aromatic heterocycles. The summed E-state index contributed by atoms with van der Waals surface area (Å²) in [6, 6.07) is 5.60. The van der Waals surface area contributed by atoms with Crippen LogP contribution in [0.3, 0.4) is 0 Å². The molecule has 1 aromatic carbocycles. The van der Waals surface area contributed by atoms with E-state index in [1.807, 2.05) is 0 Å². The van der Waals surface area contributed by atoms with Crippen LogP contribution in [0.2, 0.25) is 0 Å². The van der Waals surface area contributed by atoms with Gasteiger partial charge in [0.25, 0.3) is 0 Å². The van der Waals surface area contributed by atoms with Gasteiger partial charge in [-0.25, -0.2) is 18.9 Å². The van der Waals surface area contributed by atoms with Crippen molar-refractivity contribution >= 4 is 26.0 Å². The number of carbonyl (C=O) groups is 3. The fourth-order valence-electron chi connectivity index (χ4n) is 3.12. The zero-order chi connectivity index (χ0) is 30.4. The molecule has 12 nitrogen and oxygen atoms in total. The van der Waals surface area contributed by atoms with E-state index in [4.69, 9.17) is 27.8 Å². The molecule has 0 spiro atoms. The van der Waals surface area contributed by atoms with Gasteiger partial charge in [0.15, 0.2) is 0 Å². The van der Waals surface area contributed by atoms with Crippen molar-refractivity contribution in [3.05, 3.63) is 29.8 Å². The minimum absolute atomic E-state index is 0.0151. The van der Waals surface area contributed by atoms with Gasteiger partial charge in [-0.3, -0.25) is 9.05 Å². The number of nitrogens with one attached hydrogen (secondary N) is 2. The van der Waals surface area contributed by atoms with Gasteiger partial charge in [0.05, 0.1) is 13.2 Å². The molecule has 2 amide bonds. The molecular weight excluding hydrogens is 543 g/mol. The third-order valence-corrected chi connectivity index (χ3v) is 6.24. The first-order valence-corrected chi connectivity index (χ1v) is 14.8. The number of benzene rings is 1. The molecule has 1 rings (SSSR count). The molecule has 0 aliphatic rings. The second-order valence-corrected chi connectivity index (χ2v) is 12.3. The minimum Gasteiger partial charge on any atom is -0.458 e. The van der Waals surface area contributed by atoms with Crippen LogP contribution in [-0.2, 0) is 39.2 Å². The highest BCUT2D eigenvalue weighted by Gasteiger charge is 2.29. The maximum atomic E-state index is 12.6. The van der Waals surface area contributed by atoms with Crippen molar-refractivity contribution in [2.24, 2.45) is 0 Å². The van der Waals surface area contributed by atoms with Crippen LogP contribution in [0.25, 0.3) is 0 Å². The van der Waals surface area contributed by atoms with Crippen LogP contribution >= 0.6 is 7.82 Å². The van der Waals surface area contributed by atoms with Crippen molar-refractivity contribution in [2.45, 2.75) is 98.5 Å². The average Bonchev–Trinajstić information content (AvgIpc) is 2.80. The van der Waals surface area contributed by atoms with E-state index < -0.39 is 43.2 Å². The van der Waals surface area contributed by atoms with Gasteiger partial charge in [0.1, 0.15) is 29.6 Å². The van der Waals surface area contributed by atoms with Gasteiger partial charge in [-0.15, -0.1) is 0 Å². The molecule has 0 heterocycles. The first-order chi connectivity index (χ1) is 18.6. The molecule has 0 saturated heterocycles. The largest absolute Gasteiger partial charge is 0.530 e. The third kappa shape index (κ3) is 15.7. The van der Waals surface area contributed by atoms with E-state index in [9.17, 15) is 18.9 Å². The number of amides is 2. The number of esters is 1. The lowest BCUT2D eigenvalue weighted by molar-refractivity contribution is -0.157. The molecule has 0 saturated carbocycles. The molecule has 40 heavy (non-hydrogen) atoms. The van der Waals surface area contributed by atoms with Gasteiger partial charge in [-0.2, -0.15) is 0 Å². The normalized spacial score (nSPS) is 12.7.